The second kappa shape index (κ2) is 8.44. The second-order valence-electron chi connectivity index (χ2n) is 8.16. The zero-order valence-electron chi connectivity index (χ0n) is 18.5. The van der Waals surface area contributed by atoms with E-state index in [2.05, 4.69) is 66.6 Å². The standard InChI is InChI=1S/C27H26N4O/c1-17-8-9-20-15-21(16-28-18(2)27-30-23-6-4-5-7-24(23)31-27)26(29-25(20)14-17)19-10-12-22(32-3)13-11-19/h4-15,18,28H,16H2,1-3H3,(H,30,31)/t18-/m1/s1. The van der Waals surface area contributed by atoms with Crippen LogP contribution in [0, 0.1) is 6.92 Å². The summed E-state index contributed by atoms with van der Waals surface area (Å²) in [4.78, 5) is 13.2. The highest BCUT2D eigenvalue weighted by Gasteiger charge is 2.14. The predicted octanol–water partition coefficient (Wildman–Crippen LogP) is 5.95. The zero-order chi connectivity index (χ0) is 22.1. The number of pyridine rings is 1. The van der Waals surface area contributed by atoms with Crippen LogP contribution < -0.4 is 10.1 Å². The summed E-state index contributed by atoms with van der Waals surface area (Å²) < 4.78 is 5.33. The first-order chi connectivity index (χ1) is 15.6. The number of imidazole rings is 1. The number of aromatic nitrogens is 3. The van der Waals surface area contributed by atoms with Gasteiger partial charge in [0.2, 0.25) is 0 Å². The van der Waals surface area contributed by atoms with E-state index in [-0.39, 0.29) is 6.04 Å². The summed E-state index contributed by atoms with van der Waals surface area (Å²) in [5, 5.41) is 4.77. The normalized spacial score (nSPS) is 12.3. The molecule has 2 aromatic heterocycles. The molecule has 5 heteroatoms. The number of rotatable bonds is 6. The van der Waals surface area contributed by atoms with E-state index in [0.717, 1.165) is 50.3 Å². The molecular formula is C27H26N4O. The molecule has 3 aromatic carbocycles. The lowest BCUT2D eigenvalue weighted by Gasteiger charge is -2.15. The zero-order valence-corrected chi connectivity index (χ0v) is 18.5. The highest BCUT2D eigenvalue weighted by atomic mass is 16.5. The van der Waals surface area contributed by atoms with E-state index in [1.165, 1.54) is 5.56 Å². The number of hydrogen-bond donors (Lipinski definition) is 2. The fourth-order valence-electron chi connectivity index (χ4n) is 3.99. The maximum Gasteiger partial charge on any atom is 0.124 e. The second-order valence-corrected chi connectivity index (χ2v) is 8.16. The van der Waals surface area contributed by atoms with Crippen LogP contribution in [0.25, 0.3) is 33.2 Å². The first kappa shape index (κ1) is 20.2. The summed E-state index contributed by atoms with van der Waals surface area (Å²) in [6.07, 6.45) is 0. The van der Waals surface area contributed by atoms with Crippen LogP contribution in [0.15, 0.2) is 72.8 Å². The van der Waals surface area contributed by atoms with Gasteiger partial charge in [0, 0.05) is 17.5 Å². The molecule has 5 rings (SSSR count). The van der Waals surface area contributed by atoms with Gasteiger partial charge in [-0.25, -0.2) is 9.97 Å². The van der Waals surface area contributed by atoms with Crippen molar-refractivity contribution >= 4 is 21.9 Å². The van der Waals surface area contributed by atoms with Crippen molar-refractivity contribution in [2.24, 2.45) is 0 Å². The van der Waals surface area contributed by atoms with Crippen LogP contribution in [-0.2, 0) is 6.54 Å². The van der Waals surface area contributed by atoms with Crippen molar-refractivity contribution in [3.05, 3.63) is 89.7 Å². The molecule has 2 heterocycles. The Morgan fingerprint density at radius 3 is 2.53 bits per heavy atom. The van der Waals surface area contributed by atoms with E-state index in [4.69, 9.17) is 14.7 Å². The first-order valence-corrected chi connectivity index (χ1v) is 10.8. The Morgan fingerprint density at radius 2 is 1.75 bits per heavy atom. The number of para-hydroxylation sites is 2. The number of H-pyrrole nitrogens is 1. The maximum absolute atomic E-state index is 5.33. The van der Waals surface area contributed by atoms with E-state index in [1.54, 1.807) is 7.11 Å². The van der Waals surface area contributed by atoms with E-state index in [9.17, 15) is 0 Å². The number of hydrogen-bond acceptors (Lipinski definition) is 4. The Hall–Kier alpha value is -3.70. The molecule has 0 amide bonds. The molecule has 1 atom stereocenters. The number of aryl methyl sites for hydroxylation is 1. The minimum Gasteiger partial charge on any atom is -0.497 e. The summed E-state index contributed by atoms with van der Waals surface area (Å²) in [6, 6.07) is 24.9. The van der Waals surface area contributed by atoms with Crippen molar-refractivity contribution in [1.29, 1.82) is 0 Å². The van der Waals surface area contributed by atoms with Gasteiger partial charge >= 0.3 is 0 Å². The van der Waals surface area contributed by atoms with Crippen LogP contribution in [0.5, 0.6) is 5.75 Å². The van der Waals surface area contributed by atoms with Gasteiger partial charge in [-0.15, -0.1) is 0 Å². The highest BCUT2D eigenvalue weighted by Crippen LogP contribution is 2.28. The molecular weight excluding hydrogens is 396 g/mol. The fraction of sp³-hybridized carbons (Fsp3) is 0.185. The predicted molar refractivity (Wildman–Crippen MR) is 130 cm³/mol. The molecule has 32 heavy (non-hydrogen) atoms. The summed E-state index contributed by atoms with van der Waals surface area (Å²) in [7, 11) is 1.68. The number of ether oxygens (including phenoxy) is 1. The van der Waals surface area contributed by atoms with Crippen molar-refractivity contribution in [2.45, 2.75) is 26.4 Å². The van der Waals surface area contributed by atoms with Crippen molar-refractivity contribution in [1.82, 2.24) is 20.3 Å². The van der Waals surface area contributed by atoms with Crippen molar-refractivity contribution < 1.29 is 4.74 Å². The lowest BCUT2D eigenvalue weighted by molar-refractivity contribution is 0.415. The molecule has 0 aliphatic heterocycles. The molecule has 0 radical (unpaired) electrons. The van der Waals surface area contributed by atoms with E-state index >= 15 is 0 Å². The SMILES string of the molecule is COc1ccc(-c2nc3cc(C)ccc3cc2CN[C@H](C)c2nc3ccccc3[nH]2)cc1. The van der Waals surface area contributed by atoms with E-state index < -0.39 is 0 Å². The van der Waals surface area contributed by atoms with Gasteiger partial charge in [0.05, 0.1) is 35.4 Å². The van der Waals surface area contributed by atoms with Crippen LogP contribution in [0.3, 0.4) is 0 Å². The molecule has 0 fully saturated rings. The minimum absolute atomic E-state index is 0.0693. The molecule has 0 aliphatic rings. The van der Waals surface area contributed by atoms with Crippen LogP contribution >= 0.6 is 0 Å². The fourth-order valence-corrected chi connectivity index (χ4v) is 3.99. The summed E-state index contributed by atoms with van der Waals surface area (Å²) in [5.74, 6) is 1.77. The minimum atomic E-state index is 0.0693. The smallest absolute Gasteiger partial charge is 0.124 e. The third-order valence-corrected chi connectivity index (χ3v) is 5.83. The topological polar surface area (TPSA) is 62.8 Å². The molecule has 0 spiro atoms. The van der Waals surface area contributed by atoms with Gasteiger partial charge in [-0.2, -0.15) is 0 Å². The Morgan fingerprint density at radius 1 is 0.938 bits per heavy atom. The highest BCUT2D eigenvalue weighted by molar-refractivity contribution is 5.84. The third kappa shape index (κ3) is 3.95. The molecule has 0 saturated heterocycles. The van der Waals surface area contributed by atoms with Crippen LogP contribution in [0.4, 0.5) is 0 Å². The molecule has 0 aliphatic carbocycles. The maximum atomic E-state index is 5.33. The number of nitrogens with zero attached hydrogens (tertiary/aromatic N) is 2. The molecule has 0 bridgehead atoms. The Balaban J connectivity index is 1.48. The average Bonchev–Trinajstić information content (AvgIpc) is 3.26. The van der Waals surface area contributed by atoms with Crippen LogP contribution in [0.2, 0.25) is 0 Å². The van der Waals surface area contributed by atoms with E-state index in [1.807, 2.05) is 30.3 Å². The van der Waals surface area contributed by atoms with Gasteiger partial charge in [0.25, 0.3) is 0 Å². The van der Waals surface area contributed by atoms with Gasteiger partial charge in [-0.1, -0.05) is 24.3 Å². The lowest BCUT2D eigenvalue weighted by atomic mass is 10.0. The number of methoxy groups -OCH3 is 1. The molecule has 5 nitrogen and oxygen atoms in total. The first-order valence-electron chi connectivity index (χ1n) is 10.8. The number of nitrogens with one attached hydrogen (secondary N) is 2. The Bertz CT molecular complexity index is 1360. The van der Waals surface area contributed by atoms with Gasteiger partial charge in [-0.05, 0) is 73.5 Å². The summed E-state index contributed by atoms with van der Waals surface area (Å²) in [6.45, 7) is 4.90. The largest absolute Gasteiger partial charge is 0.497 e. The summed E-state index contributed by atoms with van der Waals surface area (Å²) >= 11 is 0. The van der Waals surface area contributed by atoms with Crippen LogP contribution in [0.1, 0.15) is 29.9 Å². The van der Waals surface area contributed by atoms with Gasteiger partial charge in [0.1, 0.15) is 11.6 Å². The monoisotopic (exact) mass is 422 g/mol. The van der Waals surface area contributed by atoms with Gasteiger partial charge < -0.3 is 15.0 Å². The van der Waals surface area contributed by atoms with E-state index in [0.29, 0.717) is 6.54 Å². The number of fused-ring (bicyclic) bond motifs is 2. The molecule has 0 unspecified atom stereocenters. The van der Waals surface area contributed by atoms with Crippen LogP contribution in [-0.4, -0.2) is 22.1 Å². The lowest BCUT2D eigenvalue weighted by Crippen LogP contribution is -2.20. The van der Waals surface area contributed by atoms with Crippen molar-refractivity contribution in [3.8, 4) is 17.0 Å². The van der Waals surface area contributed by atoms with Gasteiger partial charge in [0.15, 0.2) is 0 Å². The number of benzene rings is 3. The summed E-state index contributed by atoms with van der Waals surface area (Å²) in [5.41, 5.74) is 7.45. The molecule has 0 saturated carbocycles. The third-order valence-electron chi connectivity index (χ3n) is 5.83. The Kier molecular flexibility index (Phi) is 5.33. The van der Waals surface area contributed by atoms with Crippen molar-refractivity contribution in [2.75, 3.05) is 7.11 Å². The quantitative estimate of drug-likeness (QED) is 0.355. The molecule has 160 valence electrons. The molecule has 5 aromatic rings. The van der Waals surface area contributed by atoms with Crippen molar-refractivity contribution in [3.63, 3.8) is 0 Å². The molecule has 2 N–H and O–H groups in total. The Labute approximate surface area is 187 Å². The number of aromatic amines is 1. The van der Waals surface area contributed by atoms with Gasteiger partial charge in [-0.3, -0.25) is 0 Å². The average molecular weight is 423 g/mol.